The molecule has 1 N–H and O–H groups in total. The number of barbiturate groups is 1. The van der Waals surface area contributed by atoms with Gasteiger partial charge in [-0.2, -0.15) is 0 Å². The molecule has 7 nitrogen and oxygen atoms in total. The monoisotopic (exact) mass is 344 g/mol. The number of rotatable bonds is 7. The Morgan fingerprint density at radius 3 is 2.48 bits per heavy atom. The third-order valence-electron chi connectivity index (χ3n) is 3.99. The van der Waals surface area contributed by atoms with Gasteiger partial charge in [0.15, 0.2) is 5.92 Å². The molecule has 0 aromatic heterocycles. The summed E-state index contributed by atoms with van der Waals surface area (Å²) in [6.45, 7) is 3.20. The van der Waals surface area contributed by atoms with Crippen LogP contribution >= 0.6 is 0 Å². The Labute approximate surface area is 147 Å². The Balaban J connectivity index is 2.20. The van der Waals surface area contributed by atoms with Crippen LogP contribution in [0.1, 0.15) is 18.9 Å². The van der Waals surface area contributed by atoms with Crippen LogP contribution in [0.5, 0.6) is 0 Å². The Kier molecular flexibility index (Phi) is 6.41. The molecule has 0 radical (unpaired) electrons. The van der Waals surface area contributed by atoms with E-state index in [1.165, 1.54) is 0 Å². The number of benzene rings is 1. The lowest BCUT2D eigenvalue weighted by atomic mass is 9.96. The quantitative estimate of drug-likeness (QED) is 0.597. The van der Waals surface area contributed by atoms with Gasteiger partial charge in [0.05, 0.1) is 13.1 Å². The van der Waals surface area contributed by atoms with Crippen LogP contribution in [0.15, 0.2) is 35.3 Å². The van der Waals surface area contributed by atoms with Crippen LogP contribution in [-0.4, -0.2) is 60.5 Å². The van der Waals surface area contributed by atoms with Crippen LogP contribution in [-0.2, 0) is 16.1 Å². The molecule has 0 aliphatic carbocycles. The summed E-state index contributed by atoms with van der Waals surface area (Å²) in [4.78, 5) is 44.6. The van der Waals surface area contributed by atoms with Crippen molar-refractivity contribution in [3.63, 3.8) is 0 Å². The van der Waals surface area contributed by atoms with Gasteiger partial charge in [-0.05, 0) is 26.1 Å². The van der Waals surface area contributed by atoms with Crippen molar-refractivity contribution in [3.8, 4) is 0 Å². The Morgan fingerprint density at radius 2 is 1.88 bits per heavy atom. The van der Waals surface area contributed by atoms with Crippen LogP contribution in [0.2, 0.25) is 0 Å². The molecule has 0 spiro atoms. The summed E-state index contributed by atoms with van der Waals surface area (Å²) in [7, 11) is 3.86. The minimum atomic E-state index is -1.03. The maximum atomic E-state index is 12.8. The maximum absolute atomic E-state index is 12.8. The van der Waals surface area contributed by atoms with Gasteiger partial charge in [0.2, 0.25) is 11.8 Å². The smallest absolute Gasteiger partial charge is 0.308 e. The summed E-state index contributed by atoms with van der Waals surface area (Å²) in [5.74, 6) is -2.14. The molecule has 1 heterocycles. The van der Waals surface area contributed by atoms with Gasteiger partial charge >= 0.3 is 6.03 Å². The van der Waals surface area contributed by atoms with Crippen LogP contribution < -0.4 is 5.32 Å². The van der Waals surface area contributed by atoms with Gasteiger partial charge in [-0.25, -0.2) is 4.79 Å². The average molecular weight is 344 g/mol. The summed E-state index contributed by atoms with van der Waals surface area (Å²) >= 11 is 0. The van der Waals surface area contributed by atoms with Crippen LogP contribution in [0.4, 0.5) is 4.79 Å². The van der Waals surface area contributed by atoms with E-state index in [1.54, 1.807) is 0 Å². The first-order valence-corrected chi connectivity index (χ1v) is 8.32. The topological polar surface area (TPSA) is 82.1 Å². The second-order valence-electron chi connectivity index (χ2n) is 6.17. The number of amides is 4. The van der Waals surface area contributed by atoms with Crippen molar-refractivity contribution in [1.29, 1.82) is 0 Å². The number of imide groups is 2. The van der Waals surface area contributed by atoms with Crippen molar-refractivity contribution in [3.05, 3.63) is 35.9 Å². The van der Waals surface area contributed by atoms with Crippen molar-refractivity contribution in [2.75, 3.05) is 27.2 Å². The fraction of sp³-hybridized carbons (Fsp3) is 0.444. The predicted octanol–water partition coefficient (Wildman–Crippen LogP) is 1.29. The number of hydrogen-bond donors (Lipinski definition) is 1. The third-order valence-corrected chi connectivity index (χ3v) is 3.99. The summed E-state index contributed by atoms with van der Waals surface area (Å²) in [5, 5.41) is 2.28. The molecular weight excluding hydrogens is 320 g/mol. The predicted molar refractivity (Wildman–Crippen MR) is 95.2 cm³/mol. The van der Waals surface area contributed by atoms with Crippen LogP contribution in [0.25, 0.3) is 0 Å². The van der Waals surface area contributed by atoms with E-state index in [2.05, 4.69) is 10.3 Å². The minimum Gasteiger partial charge on any atom is -0.308 e. The number of nitrogens with one attached hydrogen (secondary N) is 1. The Morgan fingerprint density at radius 1 is 1.20 bits per heavy atom. The average Bonchev–Trinajstić information content (AvgIpc) is 2.57. The molecule has 1 saturated heterocycles. The molecular formula is C18H24N4O3. The number of carbonyl (C=O) groups excluding carboxylic acids is 3. The zero-order chi connectivity index (χ0) is 18.4. The number of carbonyl (C=O) groups is 3. The summed E-state index contributed by atoms with van der Waals surface area (Å²) < 4.78 is 0. The fourth-order valence-corrected chi connectivity index (χ4v) is 2.62. The van der Waals surface area contributed by atoms with Crippen molar-refractivity contribution < 1.29 is 14.4 Å². The molecule has 1 unspecified atom stereocenters. The van der Waals surface area contributed by atoms with E-state index in [-0.39, 0.29) is 6.54 Å². The number of aliphatic imine (C=N–C) groups is 1. The highest BCUT2D eigenvalue weighted by atomic mass is 16.2. The molecule has 2 rings (SSSR count). The van der Waals surface area contributed by atoms with Gasteiger partial charge in [-0.3, -0.25) is 24.8 Å². The molecule has 1 atom stereocenters. The van der Waals surface area contributed by atoms with Crippen molar-refractivity contribution in [2.45, 2.75) is 19.9 Å². The highest BCUT2D eigenvalue weighted by Crippen LogP contribution is 2.17. The van der Waals surface area contributed by atoms with Crippen molar-refractivity contribution in [2.24, 2.45) is 10.9 Å². The van der Waals surface area contributed by atoms with E-state index in [0.717, 1.165) is 17.0 Å². The number of hydrogen-bond acceptors (Lipinski definition) is 5. The van der Waals surface area contributed by atoms with E-state index in [1.807, 2.05) is 56.3 Å². The third kappa shape index (κ3) is 4.73. The maximum Gasteiger partial charge on any atom is 0.331 e. The van der Waals surface area contributed by atoms with Crippen LogP contribution in [0.3, 0.4) is 0 Å². The van der Waals surface area contributed by atoms with Crippen LogP contribution in [0, 0.1) is 5.92 Å². The molecule has 1 aliphatic rings. The standard InChI is InChI=1S/C18H24N4O3/c1-4-14(19-10-11-21(2)3)15-16(23)20-18(25)22(17(15)24)12-13-8-6-5-7-9-13/h5-9,15H,4,10-12H2,1-3H3,(H,20,23,25). The van der Waals surface area contributed by atoms with E-state index in [0.29, 0.717) is 18.7 Å². The SMILES string of the molecule is CCC(=NCCN(C)C)C1C(=O)NC(=O)N(Cc2ccccc2)C1=O. The number of nitrogens with zero attached hydrogens (tertiary/aromatic N) is 3. The summed E-state index contributed by atoms with van der Waals surface area (Å²) in [5.41, 5.74) is 1.33. The van der Waals surface area contributed by atoms with Gasteiger partial charge in [-0.1, -0.05) is 37.3 Å². The zero-order valence-electron chi connectivity index (χ0n) is 14.9. The van der Waals surface area contributed by atoms with Crippen molar-refractivity contribution in [1.82, 2.24) is 15.1 Å². The Hall–Kier alpha value is -2.54. The molecule has 1 aliphatic heterocycles. The van der Waals surface area contributed by atoms with E-state index in [4.69, 9.17) is 0 Å². The van der Waals surface area contributed by atoms with Gasteiger partial charge in [-0.15, -0.1) is 0 Å². The van der Waals surface area contributed by atoms with Gasteiger partial charge in [0.1, 0.15) is 0 Å². The molecule has 1 fully saturated rings. The van der Waals surface area contributed by atoms with Gasteiger partial charge in [0.25, 0.3) is 0 Å². The van der Waals surface area contributed by atoms with Gasteiger partial charge in [0, 0.05) is 12.3 Å². The largest absolute Gasteiger partial charge is 0.331 e. The molecule has 0 bridgehead atoms. The lowest BCUT2D eigenvalue weighted by Crippen LogP contribution is -2.59. The van der Waals surface area contributed by atoms with Crippen molar-refractivity contribution >= 4 is 23.6 Å². The fourth-order valence-electron chi connectivity index (χ4n) is 2.62. The Bertz CT molecular complexity index is 670. The molecule has 1 aromatic rings. The molecule has 0 saturated carbocycles. The summed E-state index contributed by atoms with van der Waals surface area (Å²) in [6.07, 6.45) is 0.477. The normalized spacial score (nSPS) is 18.7. The first-order valence-electron chi connectivity index (χ1n) is 8.32. The molecule has 25 heavy (non-hydrogen) atoms. The molecule has 4 amide bonds. The lowest BCUT2D eigenvalue weighted by Gasteiger charge is -2.30. The first kappa shape index (κ1) is 18.8. The zero-order valence-corrected chi connectivity index (χ0v) is 14.9. The molecule has 7 heteroatoms. The highest BCUT2D eigenvalue weighted by molar-refractivity contribution is 6.27. The first-order chi connectivity index (χ1) is 11.9. The lowest BCUT2D eigenvalue weighted by molar-refractivity contribution is -0.139. The molecule has 1 aromatic carbocycles. The number of urea groups is 1. The highest BCUT2D eigenvalue weighted by Gasteiger charge is 2.42. The second kappa shape index (κ2) is 8.53. The minimum absolute atomic E-state index is 0.129. The van der Waals surface area contributed by atoms with E-state index in [9.17, 15) is 14.4 Å². The second-order valence-corrected chi connectivity index (χ2v) is 6.17. The van der Waals surface area contributed by atoms with E-state index >= 15 is 0 Å². The van der Waals surface area contributed by atoms with Gasteiger partial charge < -0.3 is 4.90 Å². The number of likely N-dealkylation sites (N-methyl/N-ethyl adjacent to an activating group) is 1. The summed E-state index contributed by atoms with van der Waals surface area (Å²) in [6, 6.07) is 8.52. The van der Waals surface area contributed by atoms with E-state index < -0.39 is 23.8 Å². The molecule has 134 valence electrons.